The fraction of sp³-hybridized carbons (Fsp3) is 1.00. The topological polar surface area (TPSA) is 32.3 Å². The standard InChI is InChI=1S/C6H15O2PS2.Ni/c1-5(2)8-9(7,10)11-6(3)4;/h5-6H,1-4H3,(H,7,10);/p-1. The third kappa shape index (κ3) is 9.50. The van der Waals surface area contributed by atoms with Gasteiger partial charge in [0.15, 0.2) is 0 Å². The van der Waals surface area contributed by atoms with Crippen LogP contribution in [0.3, 0.4) is 0 Å². The van der Waals surface area contributed by atoms with E-state index in [0.717, 1.165) is 0 Å². The molecule has 0 aromatic heterocycles. The molecular weight excluding hydrogens is 258 g/mol. The molecule has 78 valence electrons. The smallest absolute Gasteiger partial charge is 0.0566 e. The van der Waals surface area contributed by atoms with Crippen LogP contribution in [0.5, 0.6) is 0 Å². The van der Waals surface area contributed by atoms with Crippen LogP contribution in [0.1, 0.15) is 27.7 Å². The van der Waals surface area contributed by atoms with Crippen molar-refractivity contribution in [2.75, 3.05) is 0 Å². The van der Waals surface area contributed by atoms with Gasteiger partial charge in [0.05, 0.1) is 6.10 Å². The van der Waals surface area contributed by atoms with E-state index in [2.05, 4.69) is 0 Å². The summed E-state index contributed by atoms with van der Waals surface area (Å²) in [6.07, 6.45) is -0.0513. The molecule has 0 amide bonds. The molecule has 12 heavy (non-hydrogen) atoms. The molecule has 0 rings (SSSR count). The molecule has 2 nitrogen and oxygen atoms in total. The van der Waals surface area contributed by atoms with Gasteiger partial charge in [-0.3, -0.25) is 0 Å². The molecule has 0 spiro atoms. The van der Waals surface area contributed by atoms with Crippen LogP contribution in [0, 0.1) is 0 Å². The van der Waals surface area contributed by atoms with Gasteiger partial charge in [0.1, 0.15) is 0 Å². The van der Waals surface area contributed by atoms with Crippen molar-refractivity contribution < 1.29 is 25.9 Å². The van der Waals surface area contributed by atoms with Crippen molar-refractivity contribution in [3.05, 3.63) is 0 Å². The van der Waals surface area contributed by atoms with Crippen molar-refractivity contribution in [3.8, 4) is 0 Å². The Labute approximate surface area is 93.7 Å². The fourth-order valence-corrected chi connectivity index (χ4v) is 5.90. The van der Waals surface area contributed by atoms with Crippen molar-refractivity contribution in [2.24, 2.45) is 0 Å². The Morgan fingerprint density at radius 2 is 1.75 bits per heavy atom. The van der Waals surface area contributed by atoms with Crippen LogP contribution in [0.2, 0.25) is 0 Å². The predicted molar refractivity (Wildman–Crippen MR) is 53.2 cm³/mol. The quantitative estimate of drug-likeness (QED) is 0.579. The molecule has 0 saturated carbocycles. The summed E-state index contributed by atoms with van der Waals surface area (Å²) in [4.78, 5) is 11.4. The Balaban J connectivity index is 0. The maximum absolute atomic E-state index is 11.4. The predicted octanol–water partition coefficient (Wildman–Crippen LogP) is 2.14. The average Bonchev–Trinajstić information content (AvgIpc) is 1.53. The molecule has 0 aromatic carbocycles. The molecule has 0 heterocycles. The molecule has 0 saturated heterocycles. The number of rotatable bonds is 4. The number of hydrogen-bond donors (Lipinski definition) is 0. The first kappa shape index (κ1) is 15.9. The van der Waals surface area contributed by atoms with E-state index in [1.54, 1.807) is 0 Å². The van der Waals surface area contributed by atoms with Gasteiger partial charge in [0, 0.05) is 27.4 Å². The van der Waals surface area contributed by atoms with E-state index in [9.17, 15) is 4.89 Å². The van der Waals surface area contributed by atoms with E-state index in [1.165, 1.54) is 11.4 Å². The first-order valence-electron chi connectivity index (χ1n) is 3.51. The molecule has 6 heteroatoms. The summed E-state index contributed by atoms with van der Waals surface area (Å²) in [6, 6.07) is 0. The van der Waals surface area contributed by atoms with Gasteiger partial charge in [-0.15, -0.1) is 11.4 Å². The van der Waals surface area contributed by atoms with Crippen molar-refractivity contribution in [1.29, 1.82) is 0 Å². The van der Waals surface area contributed by atoms with Gasteiger partial charge < -0.3 is 9.42 Å². The Morgan fingerprint density at radius 3 is 2.00 bits per heavy atom. The molecule has 0 aliphatic carbocycles. The summed E-state index contributed by atoms with van der Waals surface area (Å²) in [7, 11) is 0. The van der Waals surface area contributed by atoms with Crippen molar-refractivity contribution in [1.82, 2.24) is 0 Å². The second kappa shape index (κ2) is 6.81. The molecule has 0 N–H and O–H groups in total. The van der Waals surface area contributed by atoms with Gasteiger partial charge in [-0.2, -0.15) is 0 Å². The van der Waals surface area contributed by atoms with Crippen LogP contribution in [-0.2, 0) is 32.8 Å². The van der Waals surface area contributed by atoms with Gasteiger partial charge >= 0.3 is 0 Å². The van der Waals surface area contributed by atoms with Gasteiger partial charge in [0.2, 0.25) is 0 Å². The third-order valence-electron chi connectivity index (χ3n) is 0.680. The molecular formula is C6H14NiO2PS2-. The summed E-state index contributed by atoms with van der Waals surface area (Å²) in [5.41, 5.74) is -2.80. The van der Waals surface area contributed by atoms with Gasteiger partial charge in [0.25, 0.3) is 0 Å². The number of hydrogen-bond acceptors (Lipinski definition) is 4. The monoisotopic (exact) mass is 271 g/mol. The minimum atomic E-state index is -2.80. The molecule has 0 aromatic rings. The zero-order chi connectivity index (χ0) is 9.07. The Kier molecular flexibility index (Phi) is 9.00. The zero-order valence-corrected chi connectivity index (χ0v) is 11.1. The van der Waals surface area contributed by atoms with E-state index in [4.69, 9.17) is 16.3 Å². The van der Waals surface area contributed by atoms with E-state index in [0.29, 0.717) is 0 Å². The zero-order valence-electron chi connectivity index (χ0n) is 7.55. The third-order valence-corrected chi connectivity index (χ3v) is 5.37. The van der Waals surface area contributed by atoms with Crippen LogP contribution >= 0.6 is 17.1 Å². The maximum Gasteiger partial charge on any atom is 0.0566 e. The van der Waals surface area contributed by atoms with Crippen LogP contribution in [0.4, 0.5) is 0 Å². The summed E-state index contributed by atoms with van der Waals surface area (Å²) < 4.78 is 5.08. The molecule has 0 bridgehead atoms. The van der Waals surface area contributed by atoms with E-state index >= 15 is 0 Å². The molecule has 0 radical (unpaired) electrons. The summed E-state index contributed by atoms with van der Waals surface area (Å²) in [6.45, 7) is 7.57. The van der Waals surface area contributed by atoms with Crippen LogP contribution in [-0.4, -0.2) is 11.4 Å². The Bertz CT molecular complexity index is 150. The molecule has 1 unspecified atom stereocenters. The first-order valence-corrected chi connectivity index (χ1v) is 7.63. The molecule has 1 atom stereocenters. The van der Waals surface area contributed by atoms with Crippen molar-refractivity contribution in [2.45, 2.75) is 39.0 Å². The second-order valence-corrected chi connectivity index (χ2v) is 9.22. The summed E-state index contributed by atoms with van der Waals surface area (Å²) in [5, 5.41) is 0.261. The van der Waals surface area contributed by atoms with Crippen molar-refractivity contribution in [3.63, 3.8) is 0 Å². The van der Waals surface area contributed by atoms with Crippen molar-refractivity contribution >= 4 is 28.9 Å². The molecule has 0 fully saturated rings. The molecule has 0 aliphatic heterocycles. The maximum atomic E-state index is 11.4. The summed E-state index contributed by atoms with van der Waals surface area (Å²) in [5.74, 6) is 0. The summed E-state index contributed by atoms with van der Waals surface area (Å²) >= 11 is 6.03. The second-order valence-electron chi connectivity index (χ2n) is 2.76. The first-order chi connectivity index (χ1) is 4.83. The minimum Gasteiger partial charge on any atom is -0.793 e. The molecule has 0 aliphatic rings. The fourth-order valence-electron chi connectivity index (χ4n) is 0.541. The average molecular weight is 272 g/mol. The normalized spacial score (nSPS) is 15.9. The van der Waals surface area contributed by atoms with Crippen LogP contribution in [0.25, 0.3) is 0 Å². The van der Waals surface area contributed by atoms with Crippen LogP contribution in [0.15, 0.2) is 0 Å². The van der Waals surface area contributed by atoms with Crippen LogP contribution < -0.4 is 4.89 Å². The van der Waals surface area contributed by atoms with Gasteiger partial charge in [-0.25, -0.2) is 0 Å². The SMILES string of the molecule is CC(C)OP([O-])(=S)SC(C)C.[Ni]. The van der Waals surface area contributed by atoms with Gasteiger partial charge in [-0.1, -0.05) is 25.7 Å². The van der Waals surface area contributed by atoms with Gasteiger partial charge in [-0.05, 0) is 13.8 Å². The van der Waals surface area contributed by atoms with E-state index in [1.807, 2.05) is 27.7 Å². The minimum absolute atomic E-state index is 0. The largest absolute Gasteiger partial charge is 0.793 e. The Morgan fingerprint density at radius 1 is 1.33 bits per heavy atom. The van der Waals surface area contributed by atoms with E-state index < -0.39 is 5.69 Å². The van der Waals surface area contributed by atoms with E-state index in [-0.39, 0.29) is 27.8 Å². The Hall–Kier alpha value is 1.41.